The summed E-state index contributed by atoms with van der Waals surface area (Å²) in [6, 6.07) is 1.95. The van der Waals surface area contributed by atoms with Crippen LogP contribution >= 0.6 is 15.9 Å². The summed E-state index contributed by atoms with van der Waals surface area (Å²) in [7, 11) is 2.74. The van der Waals surface area contributed by atoms with Gasteiger partial charge in [0.05, 0.1) is 30.5 Å². The molecule has 0 spiro atoms. The van der Waals surface area contributed by atoms with Gasteiger partial charge in [-0.3, -0.25) is 19.2 Å². The van der Waals surface area contributed by atoms with Crippen LogP contribution < -0.4 is 15.2 Å². The second kappa shape index (κ2) is 8.44. The lowest BCUT2D eigenvalue weighted by molar-refractivity contribution is -0.136. The number of benzene rings is 1. The van der Waals surface area contributed by atoms with E-state index in [4.69, 9.17) is 15.2 Å². The van der Waals surface area contributed by atoms with Gasteiger partial charge in [0, 0.05) is 23.1 Å². The maximum Gasteiger partial charge on any atom is 0.328 e. The highest BCUT2D eigenvalue weighted by molar-refractivity contribution is 9.12. The van der Waals surface area contributed by atoms with Crippen molar-refractivity contribution in [3.05, 3.63) is 51.0 Å². The minimum atomic E-state index is -1.14. The Bertz CT molecular complexity index is 1350. The Labute approximate surface area is 213 Å². The Morgan fingerprint density at radius 3 is 2.31 bits per heavy atom. The number of ether oxygens (including phenoxy) is 2. The minimum absolute atomic E-state index is 0.0460. The summed E-state index contributed by atoms with van der Waals surface area (Å²) >= 11 is 3.16. The number of aromatic hydroxyl groups is 1. The molecule has 36 heavy (non-hydrogen) atoms. The van der Waals surface area contributed by atoms with Crippen LogP contribution in [-0.4, -0.2) is 53.6 Å². The van der Waals surface area contributed by atoms with Gasteiger partial charge < -0.3 is 20.3 Å². The van der Waals surface area contributed by atoms with Gasteiger partial charge in [-0.05, 0) is 52.4 Å². The maximum atomic E-state index is 13.3. The van der Waals surface area contributed by atoms with Gasteiger partial charge >= 0.3 is 6.03 Å². The minimum Gasteiger partial charge on any atom is -0.502 e. The number of hydrogen-bond donors (Lipinski definition) is 2. The fourth-order valence-corrected chi connectivity index (χ4v) is 6.33. The number of allylic oxidation sites excluding steroid dienone is 6. The van der Waals surface area contributed by atoms with E-state index in [1.165, 1.54) is 20.3 Å². The number of imide groups is 3. The van der Waals surface area contributed by atoms with Crippen LogP contribution in [0.1, 0.15) is 24.3 Å². The molecule has 186 valence electrons. The molecular formula is C25H21BrN2O8. The van der Waals surface area contributed by atoms with Gasteiger partial charge in [-0.2, -0.15) is 4.90 Å². The topological polar surface area (TPSA) is 153 Å². The lowest BCUT2D eigenvalue weighted by atomic mass is 9.59. The van der Waals surface area contributed by atoms with Crippen molar-refractivity contribution >= 4 is 45.3 Å². The van der Waals surface area contributed by atoms with Crippen LogP contribution in [0.25, 0.3) is 0 Å². The highest BCUT2D eigenvalue weighted by atomic mass is 79.9. The molecule has 1 saturated heterocycles. The third-order valence-corrected chi connectivity index (χ3v) is 7.98. The number of phenolic OH excluding ortho intramolecular Hbond substituents is 1. The van der Waals surface area contributed by atoms with E-state index in [9.17, 15) is 29.1 Å². The summed E-state index contributed by atoms with van der Waals surface area (Å²) in [6.45, 7) is 0. The fraction of sp³-hybridized carbons (Fsp3) is 0.320. The Balaban J connectivity index is 1.73. The van der Waals surface area contributed by atoms with Gasteiger partial charge in [-0.1, -0.05) is 11.6 Å². The molecule has 0 radical (unpaired) electrons. The fourth-order valence-electron chi connectivity index (χ4n) is 5.88. The lowest BCUT2D eigenvalue weighted by Crippen LogP contribution is -2.42. The zero-order chi connectivity index (χ0) is 26.0. The molecule has 1 aliphatic heterocycles. The third-order valence-electron chi connectivity index (χ3n) is 7.39. The number of fused-ring (bicyclic) bond motifs is 3. The van der Waals surface area contributed by atoms with Crippen LogP contribution in [0.2, 0.25) is 0 Å². The molecule has 1 fully saturated rings. The van der Waals surface area contributed by atoms with Crippen LogP contribution in [0.3, 0.4) is 0 Å². The Kier molecular flexibility index (Phi) is 5.62. The number of primary amides is 1. The van der Waals surface area contributed by atoms with Crippen molar-refractivity contribution in [1.29, 1.82) is 0 Å². The number of nitrogens with zero attached hydrogens (tertiary/aromatic N) is 1. The van der Waals surface area contributed by atoms with Crippen molar-refractivity contribution in [3.63, 3.8) is 0 Å². The second-order valence-corrected chi connectivity index (χ2v) is 9.87. The van der Waals surface area contributed by atoms with Crippen molar-refractivity contribution in [2.75, 3.05) is 14.2 Å². The van der Waals surface area contributed by atoms with Crippen molar-refractivity contribution < 1.29 is 38.6 Å². The highest BCUT2D eigenvalue weighted by Gasteiger charge is 2.57. The molecule has 4 aliphatic rings. The van der Waals surface area contributed by atoms with Crippen LogP contribution in [-0.2, 0) is 19.2 Å². The van der Waals surface area contributed by atoms with Crippen molar-refractivity contribution in [3.8, 4) is 17.2 Å². The van der Waals surface area contributed by atoms with E-state index in [1.54, 1.807) is 18.2 Å². The lowest BCUT2D eigenvalue weighted by Gasteiger charge is -2.42. The smallest absolute Gasteiger partial charge is 0.328 e. The molecule has 4 unspecified atom stereocenters. The number of methoxy groups -OCH3 is 2. The zero-order valence-corrected chi connectivity index (χ0v) is 20.8. The number of nitrogens with two attached hydrogens (primary N) is 1. The first-order valence-electron chi connectivity index (χ1n) is 11.1. The first-order valence-corrected chi connectivity index (χ1v) is 11.9. The number of halogens is 1. The van der Waals surface area contributed by atoms with Gasteiger partial charge in [-0.25, -0.2) is 4.79 Å². The number of urea groups is 1. The standard InChI is InChI=1S/C25H21BrN2O8/c1-35-16-5-9(6-17(36-2)22(16)31)18-10-3-4-11-19(24(33)28(23(11)32)25(27)34)12(10)7-13-20(18)15(29)8-14(26)21(13)30/h3,5-6,8,11-12,18-19,31H,4,7H2,1-2H3,(H2,27,34). The molecule has 4 atom stereocenters. The summed E-state index contributed by atoms with van der Waals surface area (Å²) < 4.78 is 10.7. The Morgan fingerprint density at radius 2 is 1.72 bits per heavy atom. The van der Waals surface area contributed by atoms with E-state index in [2.05, 4.69) is 15.9 Å². The van der Waals surface area contributed by atoms with E-state index < -0.39 is 47.3 Å². The van der Waals surface area contributed by atoms with Crippen molar-refractivity contribution in [2.45, 2.75) is 18.8 Å². The average molecular weight is 557 g/mol. The predicted molar refractivity (Wildman–Crippen MR) is 127 cm³/mol. The summed E-state index contributed by atoms with van der Waals surface area (Å²) in [5.74, 6) is -5.28. The largest absolute Gasteiger partial charge is 0.502 e. The van der Waals surface area contributed by atoms with E-state index in [0.29, 0.717) is 16.0 Å². The monoisotopic (exact) mass is 556 g/mol. The quantitative estimate of drug-likeness (QED) is 0.326. The normalized spacial score (nSPS) is 27.2. The molecule has 0 bridgehead atoms. The number of rotatable bonds is 3. The van der Waals surface area contributed by atoms with Crippen LogP contribution in [0.5, 0.6) is 17.2 Å². The average Bonchev–Trinajstić information content (AvgIpc) is 3.11. The molecule has 3 N–H and O–H groups in total. The van der Waals surface area contributed by atoms with E-state index >= 15 is 0 Å². The van der Waals surface area contributed by atoms with E-state index in [1.807, 2.05) is 0 Å². The summed E-state index contributed by atoms with van der Waals surface area (Å²) in [6.07, 6.45) is 3.23. The van der Waals surface area contributed by atoms with Crippen LogP contribution in [0.15, 0.2) is 45.5 Å². The van der Waals surface area contributed by atoms with Crippen molar-refractivity contribution in [2.24, 2.45) is 23.5 Å². The van der Waals surface area contributed by atoms with Gasteiger partial charge in [0.2, 0.25) is 17.6 Å². The molecule has 1 aromatic carbocycles. The summed E-state index contributed by atoms with van der Waals surface area (Å²) in [5.41, 5.74) is 6.97. The van der Waals surface area contributed by atoms with Crippen LogP contribution in [0, 0.1) is 17.8 Å². The molecule has 4 amide bonds. The molecule has 0 saturated carbocycles. The number of hydrogen-bond acceptors (Lipinski definition) is 8. The molecule has 1 aromatic rings. The first-order chi connectivity index (χ1) is 17.1. The number of amides is 4. The van der Waals surface area contributed by atoms with Crippen LogP contribution in [0.4, 0.5) is 4.79 Å². The number of Topliss-reactive ketones (excluding diaryl/α,β-unsaturated/α-hetero) is 1. The molecule has 5 rings (SSSR count). The molecule has 10 nitrogen and oxygen atoms in total. The second-order valence-electron chi connectivity index (χ2n) is 9.02. The van der Waals surface area contributed by atoms with Gasteiger partial charge in [-0.15, -0.1) is 0 Å². The number of carbonyl (C=O) groups excluding carboxylic acids is 5. The van der Waals surface area contributed by atoms with Gasteiger partial charge in [0.25, 0.3) is 0 Å². The predicted octanol–water partition coefficient (Wildman–Crippen LogP) is 2.25. The van der Waals surface area contributed by atoms with E-state index in [0.717, 1.165) is 0 Å². The number of ketones is 2. The van der Waals surface area contributed by atoms with Gasteiger partial charge in [0.15, 0.2) is 23.1 Å². The first kappa shape index (κ1) is 24.0. The zero-order valence-electron chi connectivity index (χ0n) is 19.2. The van der Waals surface area contributed by atoms with E-state index in [-0.39, 0.29) is 51.5 Å². The molecule has 11 heteroatoms. The molecule has 3 aliphatic carbocycles. The molecular weight excluding hydrogens is 536 g/mol. The van der Waals surface area contributed by atoms with Crippen molar-refractivity contribution in [1.82, 2.24) is 4.90 Å². The Hall–Kier alpha value is -3.73. The number of carbonyl (C=O) groups is 5. The third kappa shape index (κ3) is 3.25. The Morgan fingerprint density at radius 1 is 1.08 bits per heavy atom. The molecule has 0 aromatic heterocycles. The number of phenols is 1. The SMILES string of the molecule is COc1cc(C2C3=CCC4C(=O)N(C(N)=O)C(=O)C4C3CC3=C2C(=O)C=C(Br)C3=O)cc(OC)c1O. The maximum absolute atomic E-state index is 13.3. The summed E-state index contributed by atoms with van der Waals surface area (Å²) in [4.78, 5) is 64.9. The molecule has 1 heterocycles. The van der Waals surface area contributed by atoms with Gasteiger partial charge in [0.1, 0.15) is 0 Å². The number of likely N-dealkylation sites (tertiary alicyclic amines) is 1. The summed E-state index contributed by atoms with van der Waals surface area (Å²) in [5, 5.41) is 10.4. The highest BCUT2D eigenvalue weighted by Crippen LogP contribution is 2.56.